The van der Waals surface area contributed by atoms with Crippen LogP contribution >= 0.6 is 0 Å². The third kappa shape index (κ3) is 8.23. The zero-order chi connectivity index (χ0) is 26.3. The molecule has 2 aromatic rings. The number of nitrogens with two attached hydrogens (primary N) is 1. The van der Waals surface area contributed by atoms with E-state index in [4.69, 9.17) is 9.47 Å². The van der Waals surface area contributed by atoms with E-state index < -0.39 is 6.43 Å². The number of likely N-dealkylation sites (tertiary alicyclic amines) is 1. The summed E-state index contributed by atoms with van der Waals surface area (Å²) in [7, 11) is 1.70. The van der Waals surface area contributed by atoms with Crippen LogP contribution in [-0.4, -0.2) is 57.1 Å². The van der Waals surface area contributed by atoms with E-state index >= 15 is 0 Å². The molecular formula is C29H39F2N2O3+. The van der Waals surface area contributed by atoms with Gasteiger partial charge in [0, 0.05) is 36.9 Å². The SMILES string of the molecule is C#C.CCOc1c(OC)cccc1[C@H]1CC[NH2+]C1.O=CN1CCC(c2ccccc2)CC1CC(F)F. The van der Waals surface area contributed by atoms with Crippen LogP contribution in [0.15, 0.2) is 48.5 Å². The minimum atomic E-state index is -2.35. The highest BCUT2D eigenvalue weighted by Crippen LogP contribution is 2.37. The van der Waals surface area contributed by atoms with Gasteiger partial charge in [0.25, 0.3) is 0 Å². The first-order valence-corrected chi connectivity index (χ1v) is 12.6. The highest BCUT2D eigenvalue weighted by Gasteiger charge is 2.30. The number of quaternary nitrogens is 1. The van der Waals surface area contributed by atoms with E-state index in [-0.39, 0.29) is 18.4 Å². The topological polar surface area (TPSA) is 55.4 Å². The van der Waals surface area contributed by atoms with Crippen LogP contribution in [-0.2, 0) is 4.79 Å². The van der Waals surface area contributed by atoms with Crippen LogP contribution in [0, 0.1) is 12.8 Å². The Hall–Kier alpha value is -3.11. The molecule has 2 N–H and O–H groups in total. The molecule has 2 heterocycles. The molecule has 7 heteroatoms. The van der Waals surface area contributed by atoms with Gasteiger partial charge in [0.05, 0.1) is 26.8 Å². The number of benzene rings is 2. The van der Waals surface area contributed by atoms with Gasteiger partial charge in [-0.05, 0) is 37.3 Å². The average Bonchev–Trinajstić information content (AvgIpc) is 3.46. The van der Waals surface area contributed by atoms with Crippen molar-refractivity contribution in [3.05, 3.63) is 59.7 Å². The van der Waals surface area contributed by atoms with E-state index in [1.165, 1.54) is 29.0 Å². The van der Waals surface area contributed by atoms with Crippen molar-refractivity contribution >= 4 is 6.41 Å². The second-order valence-electron chi connectivity index (χ2n) is 8.87. The molecule has 0 spiro atoms. The lowest BCUT2D eigenvalue weighted by atomic mass is 9.84. The van der Waals surface area contributed by atoms with Crippen LogP contribution in [0.1, 0.15) is 55.6 Å². The molecule has 2 unspecified atom stereocenters. The smallest absolute Gasteiger partial charge is 0.240 e. The minimum Gasteiger partial charge on any atom is -0.493 e. The van der Waals surface area contributed by atoms with Gasteiger partial charge in [0.2, 0.25) is 12.8 Å². The number of alkyl halides is 2. The number of hydrogen-bond donors (Lipinski definition) is 1. The third-order valence-electron chi connectivity index (χ3n) is 6.75. The van der Waals surface area contributed by atoms with E-state index in [0.717, 1.165) is 24.5 Å². The van der Waals surface area contributed by atoms with Crippen molar-refractivity contribution < 1.29 is 28.4 Å². The molecule has 1 amide bonds. The van der Waals surface area contributed by atoms with Crippen molar-refractivity contribution in [2.75, 3.05) is 33.4 Å². The minimum absolute atomic E-state index is 0.220. The van der Waals surface area contributed by atoms with Crippen LogP contribution in [0.5, 0.6) is 11.5 Å². The molecule has 2 saturated heterocycles. The Bertz CT molecular complexity index is 917. The molecule has 0 aliphatic carbocycles. The Morgan fingerprint density at radius 2 is 1.86 bits per heavy atom. The molecule has 2 fully saturated rings. The molecule has 5 nitrogen and oxygen atoms in total. The van der Waals surface area contributed by atoms with Crippen LogP contribution in [0.25, 0.3) is 0 Å². The summed E-state index contributed by atoms with van der Waals surface area (Å²) >= 11 is 0. The Morgan fingerprint density at radius 1 is 1.11 bits per heavy atom. The zero-order valence-electron chi connectivity index (χ0n) is 21.3. The monoisotopic (exact) mass is 501 g/mol. The second-order valence-corrected chi connectivity index (χ2v) is 8.87. The van der Waals surface area contributed by atoms with Crippen molar-refractivity contribution in [1.82, 2.24) is 4.90 Å². The summed E-state index contributed by atoms with van der Waals surface area (Å²) in [5.74, 6) is 2.68. The molecule has 3 atom stereocenters. The number of methoxy groups -OCH3 is 1. The number of hydrogen-bond acceptors (Lipinski definition) is 3. The Balaban J connectivity index is 0.000000239. The fraction of sp³-hybridized carbons (Fsp3) is 0.483. The van der Waals surface area contributed by atoms with Gasteiger partial charge in [-0.25, -0.2) is 8.78 Å². The maximum atomic E-state index is 12.5. The zero-order valence-corrected chi connectivity index (χ0v) is 21.3. The quantitative estimate of drug-likeness (QED) is 0.430. The van der Waals surface area contributed by atoms with Crippen molar-refractivity contribution in [3.63, 3.8) is 0 Å². The molecule has 2 aliphatic heterocycles. The number of para-hydroxylation sites is 1. The molecule has 196 valence electrons. The van der Waals surface area contributed by atoms with Gasteiger partial charge in [-0.3, -0.25) is 4.79 Å². The predicted molar refractivity (Wildman–Crippen MR) is 139 cm³/mol. The normalized spacial score (nSPS) is 21.0. The van der Waals surface area contributed by atoms with Gasteiger partial charge >= 0.3 is 0 Å². The molecule has 0 radical (unpaired) electrons. The number of amides is 1. The van der Waals surface area contributed by atoms with Gasteiger partial charge in [-0.2, -0.15) is 0 Å². The number of carbonyl (C=O) groups excluding carboxylic acids is 1. The molecule has 0 aromatic heterocycles. The number of halogens is 2. The van der Waals surface area contributed by atoms with Crippen LogP contribution in [0.3, 0.4) is 0 Å². The van der Waals surface area contributed by atoms with Gasteiger partial charge < -0.3 is 19.7 Å². The standard InChI is InChI=1S/C14H17F2NO.C13H19NO2.C2H2/c15-14(16)9-13-8-12(6-7-17(13)10-18)11-4-2-1-3-5-11;1-3-16-13-11(10-7-8-14-9-10)5-4-6-12(13)15-2;1-2/h1-5,10,12-14H,6-9H2;4-6,10,14H,3,7-9H2,1-2H3;1-2H/p+1/t;10-;/m.0./s1. The van der Waals surface area contributed by atoms with E-state index in [1.54, 1.807) is 7.11 Å². The molecule has 2 aliphatic rings. The highest BCUT2D eigenvalue weighted by atomic mass is 19.3. The van der Waals surface area contributed by atoms with E-state index in [1.807, 2.05) is 43.3 Å². The summed E-state index contributed by atoms with van der Waals surface area (Å²) in [5.41, 5.74) is 2.48. The second kappa shape index (κ2) is 15.8. The Kier molecular flexibility index (Phi) is 12.8. The van der Waals surface area contributed by atoms with Crippen LogP contribution in [0.4, 0.5) is 8.78 Å². The first kappa shape index (κ1) is 29.1. The summed E-state index contributed by atoms with van der Waals surface area (Å²) in [6.45, 7) is 5.64. The van der Waals surface area contributed by atoms with E-state index in [0.29, 0.717) is 31.9 Å². The Labute approximate surface area is 214 Å². The van der Waals surface area contributed by atoms with Crippen molar-refractivity contribution in [2.45, 2.75) is 56.9 Å². The lowest BCUT2D eigenvalue weighted by Gasteiger charge is -2.37. The average molecular weight is 502 g/mol. The molecule has 0 bridgehead atoms. The molecular weight excluding hydrogens is 462 g/mol. The maximum absolute atomic E-state index is 12.5. The Morgan fingerprint density at radius 3 is 2.44 bits per heavy atom. The predicted octanol–water partition coefficient (Wildman–Crippen LogP) is 4.44. The fourth-order valence-electron chi connectivity index (χ4n) is 5.03. The van der Waals surface area contributed by atoms with Crippen LogP contribution < -0.4 is 14.8 Å². The largest absolute Gasteiger partial charge is 0.493 e. The number of nitrogens with zero attached hydrogens (tertiary/aromatic N) is 1. The summed E-state index contributed by atoms with van der Waals surface area (Å²) in [5, 5.41) is 2.36. The maximum Gasteiger partial charge on any atom is 0.240 e. The van der Waals surface area contributed by atoms with Crippen molar-refractivity contribution in [3.8, 4) is 24.3 Å². The van der Waals surface area contributed by atoms with E-state index in [9.17, 15) is 13.6 Å². The highest BCUT2D eigenvalue weighted by molar-refractivity contribution is 5.49. The first-order valence-electron chi connectivity index (χ1n) is 12.6. The number of ether oxygens (including phenoxy) is 2. The van der Waals surface area contributed by atoms with E-state index in [2.05, 4.69) is 30.3 Å². The summed E-state index contributed by atoms with van der Waals surface area (Å²) in [6.07, 6.45) is 8.84. The van der Waals surface area contributed by atoms with Gasteiger partial charge in [-0.15, -0.1) is 12.8 Å². The molecule has 0 saturated carbocycles. The molecule has 4 rings (SSSR count). The summed E-state index contributed by atoms with van der Waals surface area (Å²) in [6, 6.07) is 15.8. The lowest BCUT2D eigenvalue weighted by molar-refractivity contribution is -0.636. The lowest BCUT2D eigenvalue weighted by Crippen LogP contribution is -2.81. The first-order chi connectivity index (χ1) is 17.6. The molecule has 2 aromatic carbocycles. The number of rotatable bonds is 8. The van der Waals surface area contributed by atoms with Gasteiger partial charge in [-0.1, -0.05) is 42.5 Å². The van der Waals surface area contributed by atoms with Crippen LogP contribution in [0.2, 0.25) is 0 Å². The van der Waals surface area contributed by atoms with Crippen molar-refractivity contribution in [2.24, 2.45) is 0 Å². The van der Waals surface area contributed by atoms with Crippen molar-refractivity contribution in [1.29, 1.82) is 0 Å². The third-order valence-corrected chi connectivity index (χ3v) is 6.75. The molecule has 36 heavy (non-hydrogen) atoms. The number of terminal acetylenes is 1. The van der Waals surface area contributed by atoms with Gasteiger partial charge in [0.15, 0.2) is 11.5 Å². The fourth-order valence-corrected chi connectivity index (χ4v) is 5.03. The summed E-state index contributed by atoms with van der Waals surface area (Å²) < 4.78 is 36.1. The summed E-state index contributed by atoms with van der Waals surface area (Å²) in [4.78, 5) is 12.4. The number of piperidine rings is 1. The number of carbonyl (C=O) groups is 1. The van der Waals surface area contributed by atoms with Gasteiger partial charge in [0.1, 0.15) is 0 Å².